The van der Waals surface area contributed by atoms with Crippen LogP contribution in [0.1, 0.15) is 12.8 Å². The topological polar surface area (TPSA) is 58.1 Å². The molecule has 0 spiro atoms. The number of rotatable bonds is 9. The Balaban J connectivity index is 0.00000420. The number of methoxy groups -OCH3 is 1. The molecule has 1 aliphatic heterocycles. The average Bonchev–Trinajstić information content (AvgIpc) is 3.08. The number of benzene rings is 1. The Kier molecular flexibility index (Phi) is 11.7. The molecule has 0 bridgehead atoms. The molecule has 1 aliphatic rings. The molecule has 1 aromatic rings. The number of likely N-dealkylation sites (tertiary alicyclic amines) is 1. The zero-order valence-corrected chi connectivity index (χ0v) is 19.1. The van der Waals surface area contributed by atoms with Crippen molar-refractivity contribution >= 4 is 35.6 Å². The summed E-state index contributed by atoms with van der Waals surface area (Å²) in [5.41, 5.74) is 0.822. The van der Waals surface area contributed by atoms with Crippen molar-refractivity contribution in [2.24, 2.45) is 10.9 Å². The van der Waals surface area contributed by atoms with Gasteiger partial charge in [-0.3, -0.25) is 9.89 Å². The summed E-state index contributed by atoms with van der Waals surface area (Å²) in [6.45, 7) is 1.86. The number of halogens is 4. The Bertz CT molecular complexity index is 632. The standard InChI is InChI=1S/C19H29F3N4O2.HI/c1-23-18(24-12-15-7-8-26(13-15)14-19(20,21)22)25-16-5-3-6-17(11-16)28-10-4-9-27-2;/h3,5-6,11,15H,4,7-10,12-14H2,1-2H3,(H2,23,24,25);1H. The van der Waals surface area contributed by atoms with Gasteiger partial charge in [0.15, 0.2) is 5.96 Å². The van der Waals surface area contributed by atoms with E-state index in [2.05, 4.69) is 15.6 Å². The molecule has 0 saturated carbocycles. The molecule has 166 valence electrons. The number of alkyl halides is 3. The minimum Gasteiger partial charge on any atom is -0.493 e. The second-order valence-electron chi connectivity index (χ2n) is 6.81. The first kappa shape index (κ1) is 25.8. The SMILES string of the molecule is CN=C(NCC1CCN(CC(F)(F)F)C1)Nc1cccc(OCCCOC)c1.I. The van der Waals surface area contributed by atoms with Crippen molar-refractivity contribution in [1.82, 2.24) is 10.2 Å². The van der Waals surface area contributed by atoms with Crippen LogP contribution in [-0.2, 0) is 4.74 Å². The second-order valence-corrected chi connectivity index (χ2v) is 6.81. The van der Waals surface area contributed by atoms with Gasteiger partial charge in [-0.25, -0.2) is 0 Å². The third-order valence-corrected chi connectivity index (χ3v) is 4.41. The molecule has 29 heavy (non-hydrogen) atoms. The van der Waals surface area contributed by atoms with E-state index in [9.17, 15) is 13.2 Å². The smallest absolute Gasteiger partial charge is 0.401 e. The van der Waals surface area contributed by atoms with Gasteiger partial charge in [0.25, 0.3) is 0 Å². The highest BCUT2D eigenvalue weighted by atomic mass is 127. The van der Waals surface area contributed by atoms with Crippen molar-refractivity contribution in [3.8, 4) is 5.75 Å². The summed E-state index contributed by atoms with van der Waals surface area (Å²) in [7, 11) is 3.31. The van der Waals surface area contributed by atoms with E-state index in [0.717, 1.165) is 24.3 Å². The first-order valence-corrected chi connectivity index (χ1v) is 9.38. The molecule has 1 aromatic carbocycles. The Labute approximate surface area is 187 Å². The van der Waals surface area contributed by atoms with Crippen molar-refractivity contribution in [2.45, 2.75) is 19.0 Å². The lowest BCUT2D eigenvalue weighted by Gasteiger charge is -2.19. The first-order chi connectivity index (χ1) is 13.4. The van der Waals surface area contributed by atoms with Gasteiger partial charge in [-0.1, -0.05) is 6.07 Å². The highest BCUT2D eigenvalue weighted by molar-refractivity contribution is 14.0. The summed E-state index contributed by atoms with van der Waals surface area (Å²) in [4.78, 5) is 5.63. The van der Waals surface area contributed by atoms with Crippen molar-refractivity contribution in [2.75, 3.05) is 58.9 Å². The van der Waals surface area contributed by atoms with Crippen LogP contribution in [-0.4, -0.2) is 70.6 Å². The molecule has 1 heterocycles. The van der Waals surface area contributed by atoms with Crippen LogP contribution in [0.15, 0.2) is 29.3 Å². The summed E-state index contributed by atoms with van der Waals surface area (Å²) in [5, 5.41) is 6.38. The normalized spacial score (nSPS) is 17.7. The summed E-state index contributed by atoms with van der Waals surface area (Å²) in [6, 6.07) is 7.53. The number of nitrogens with one attached hydrogen (secondary N) is 2. The third-order valence-electron chi connectivity index (χ3n) is 4.41. The number of hydrogen-bond donors (Lipinski definition) is 2. The van der Waals surface area contributed by atoms with Crippen LogP contribution in [0.5, 0.6) is 5.75 Å². The van der Waals surface area contributed by atoms with Crippen molar-refractivity contribution in [3.05, 3.63) is 24.3 Å². The first-order valence-electron chi connectivity index (χ1n) is 9.38. The summed E-state index contributed by atoms with van der Waals surface area (Å²) in [5.74, 6) is 1.48. The van der Waals surface area contributed by atoms with Crippen LogP contribution in [0, 0.1) is 5.92 Å². The molecule has 0 aliphatic carbocycles. The lowest BCUT2D eigenvalue weighted by molar-refractivity contribution is -0.143. The molecule has 1 fully saturated rings. The molecule has 6 nitrogen and oxygen atoms in total. The molecule has 1 saturated heterocycles. The zero-order valence-electron chi connectivity index (χ0n) is 16.8. The predicted molar refractivity (Wildman–Crippen MR) is 119 cm³/mol. The molecule has 0 amide bonds. The van der Waals surface area contributed by atoms with Crippen LogP contribution in [0.25, 0.3) is 0 Å². The minimum atomic E-state index is -4.14. The van der Waals surface area contributed by atoms with Gasteiger partial charge in [-0.05, 0) is 31.0 Å². The molecular weight excluding hydrogens is 500 g/mol. The van der Waals surface area contributed by atoms with Gasteiger partial charge in [0, 0.05) is 52.0 Å². The Hall–Kier alpha value is -1.27. The monoisotopic (exact) mass is 530 g/mol. The molecule has 0 radical (unpaired) electrons. The van der Waals surface area contributed by atoms with Crippen molar-refractivity contribution in [3.63, 3.8) is 0 Å². The number of aliphatic imine (C=N–C) groups is 1. The fourth-order valence-corrected chi connectivity index (χ4v) is 3.09. The van der Waals surface area contributed by atoms with Gasteiger partial charge in [0.05, 0.1) is 13.2 Å². The zero-order chi connectivity index (χ0) is 20.4. The molecule has 1 unspecified atom stereocenters. The molecule has 10 heteroatoms. The minimum absolute atomic E-state index is 0. The molecule has 1 atom stereocenters. The number of nitrogens with zero attached hydrogens (tertiary/aromatic N) is 2. The highest BCUT2D eigenvalue weighted by Crippen LogP contribution is 2.22. The van der Waals surface area contributed by atoms with E-state index in [1.165, 1.54) is 4.90 Å². The van der Waals surface area contributed by atoms with Gasteiger partial charge >= 0.3 is 6.18 Å². The van der Waals surface area contributed by atoms with Crippen LogP contribution in [0.3, 0.4) is 0 Å². The van der Waals surface area contributed by atoms with E-state index < -0.39 is 12.7 Å². The average molecular weight is 530 g/mol. The molecule has 2 rings (SSSR count). The summed E-state index contributed by atoms with van der Waals surface area (Å²) in [6.07, 6.45) is -2.59. The van der Waals surface area contributed by atoms with E-state index in [4.69, 9.17) is 9.47 Å². The van der Waals surface area contributed by atoms with Crippen LogP contribution in [0.4, 0.5) is 18.9 Å². The maximum atomic E-state index is 12.5. The van der Waals surface area contributed by atoms with Crippen molar-refractivity contribution in [1.29, 1.82) is 0 Å². The van der Waals surface area contributed by atoms with Gasteiger partial charge in [-0.2, -0.15) is 13.2 Å². The van der Waals surface area contributed by atoms with Crippen LogP contribution < -0.4 is 15.4 Å². The summed E-state index contributed by atoms with van der Waals surface area (Å²) >= 11 is 0. The molecule has 0 aromatic heterocycles. The quantitative estimate of drug-likeness (QED) is 0.221. The van der Waals surface area contributed by atoms with Gasteiger partial charge in [-0.15, -0.1) is 24.0 Å². The van der Waals surface area contributed by atoms with Crippen molar-refractivity contribution < 1.29 is 22.6 Å². The second kappa shape index (κ2) is 13.1. The summed E-state index contributed by atoms with van der Waals surface area (Å²) < 4.78 is 48.1. The van der Waals surface area contributed by atoms with Crippen LogP contribution >= 0.6 is 24.0 Å². The third kappa shape index (κ3) is 10.4. The maximum Gasteiger partial charge on any atom is 0.401 e. The van der Waals surface area contributed by atoms with E-state index in [1.54, 1.807) is 14.2 Å². The highest BCUT2D eigenvalue weighted by Gasteiger charge is 2.34. The lowest BCUT2D eigenvalue weighted by Crippen LogP contribution is -2.37. The fourth-order valence-electron chi connectivity index (χ4n) is 3.09. The maximum absolute atomic E-state index is 12.5. The van der Waals surface area contributed by atoms with Gasteiger partial charge in [0.1, 0.15) is 5.75 Å². The number of guanidine groups is 1. The molecular formula is C19H30F3IN4O2. The number of anilines is 1. The van der Waals surface area contributed by atoms with E-state index in [0.29, 0.717) is 38.8 Å². The van der Waals surface area contributed by atoms with Crippen LogP contribution in [0.2, 0.25) is 0 Å². The van der Waals surface area contributed by atoms with E-state index in [-0.39, 0.29) is 29.9 Å². The molecule has 2 N–H and O–H groups in total. The van der Waals surface area contributed by atoms with Gasteiger partial charge in [0.2, 0.25) is 0 Å². The fraction of sp³-hybridized carbons (Fsp3) is 0.632. The number of hydrogen-bond acceptors (Lipinski definition) is 4. The van der Waals surface area contributed by atoms with E-state index in [1.807, 2.05) is 24.3 Å². The predicted octanol–water partition coefficient (Wildman–Crippen LogP) is 3.59. The largest absolute Gasteiger partial charge is 0.493 e. The van der Waals surface area contributed by atoms with E-state index >= 15 is 0 Å². The Morgan fingerprint density at radius 1 is 1.31 bits per heavy atom. The Morgan fingerprint density at radius 2 is 2.10 bits per heavy atom. The Morgan fingerprint density at radius 3 is 2.79 bits per heavy atom. The van der Waals surface area contributed by atoms with Gasteiger partial charge < -0.3 is 20.1 Å². The lowest BCUT2D eigenvalue weighted by atomic mass is 10.1. The number of ether oxygens (including phenoxy) is 2.